The van der Waals surface area contributed by atoms with E-state index < -0.39 is 0 Å². The Labute approximate surface area is 165 Å². The Kier molecular flexibility index (Phi) is 6.23. The largest absolute Gasteiger partial charge is 0.326 e. The van der Waals surface area contributed by atoms with Gasteiger partial charge in [0.25, 0.3) is 0 Å². The molecule has 1 aliphatic rings. The van der Waals surface area contributed by atoms with E-state index in [0.717, 1.165) is 43.7 Å². The second-order valence-electron chi connectivity index (χ2n) is 7.07. The minimum Gasteiger partial charge on any atom is -0.326 e. The summed E-state index contributed by atoms with van der Waals surface area (Å²) in [5.74, 6) is 0.186. The summed E-state index contributed by atoms with van der Waals surface area (Å²) in [6.07, 6.45) is 1.73. The number of benzene rings is 2. The average molecular weight is 391 g/mol. The number of carbonyl (C=O) groups excluding carboxylic acids is 1. The Morgan fingerprint density at radius 2 is 1.81 bits per heavy atom. The fourth-order valence-corrected chi connectivity index (χ4v) is 3.78. The van der Waals surface area contributed by atoms with E-state index >= 15 is 0 Å². The molecule has 0 radical (unpaired) electrons. The van der Waals surface area contributed by atoms with Gasteiger partial charge in [-0.15, -0.1) is 0 Å². The van der Waals surface area contributed by atoms with Gasteiger partial charge in [0.15, 0.2) is 0 Å². The highest BCUT2D eigenvalue weighted by Gasteiger charge is 2.25. The van der Waals surface area contributed by atoms with Crippen molar-refractivity contribution < 1.29 is 4.79 Å². The second kappa shape index (κ2) is 8.43. The summed E-state index contributed by atoms with van der Waals surface area (Å²) < 4.78 is 0. The molecule has 1 aliphatic heterocycles. The first-order valence-electron chi connectivity index (χ1n) is 8.97. The molecule has 2 aromatic carbocycles. The number of nitrogens with one attached hydrogen (secondary N) is 1. The maximum absolute atomic E-state index is 12.6. The summed E-state index contributed by atoms with van der Waals surface area (Å²) in [6, 6.07) is 11.7. The Balaban J connectivity index is 1.52. The molecule has 0 bridgehead atoms. The predicted molar refractivity (Wildman–Crippen MR) is 109 cm³/mol. The Bertz CT molecular complexity index is 799. The summed E-state index contributed by atoms with van der Waals surface area (Å²) in [4.78, 5) is 14.9. The number of nitrogens with zero attached hydrogens (tertiary/aromatic N) is 1. The van der Waals surface area contributed by atoms with Crippen LogP contribution in [0.4, 0.5) is 5.69 Å². The first kappa shape index (κ1) is 19.2. The van der Waals surface area contributed by atoms with Crippen molar-refractivity contribution in [2.45, 2.75) is 33.2 Å². The number of hydrogen-bond donors (Lipinski definition) is 1. The minimum atomic E-state index is 0.0635. The van der Waals surface area contributed by atoms with E-state index in [4.69, 9.17) is 23.2 Å². The van der Waals surface area contributed by atoms with Gasteiger partial charge in [-0.05, 0) is 80.7 Å². The fraction of sp³-hybridized carbons (Fsp3) is 0.381. The van der Waals surface area contributed by atoms with Gasteiger partial charge in [0.05, 0.1) is 0 Å². The van der Waals surface area contributed by atoms with Crippen LogP contribution in [0.2, 0.25) is 10.0 Å². The molecule has 0 saturated carbocycles. The van der Waals surface area contributed by atoms with Crippen molar-refractivity contribution in [3.8, 4) is 0 Å². The highest BCUT2D eigenvalue weighted by Crippen LogP contribution is 2.25. The quantitative estimate of drug-likeness (QED) is 0.751. The molecular weight excluding hydrogens is 367 g/mol. The van der Waals surface area contributed by atoms with Gasteiger partial charge >= 0.3 is 0 Å². The molecule has 0 aliphatic carbocycles. The summed E-state index contributed by atoms with van der Waals surface area (Å²) in [5.41, 5.74) is 4.39. The van der Waals surface area contributed by atoms with Crippen LogP contribution in [0, 0.1) is 19.8 Å². The molecule has 1 N–H and O–H groups in total. The van der Waals surface area contributed by atoms with Crippen molar-refractivity contribution in [2.75, 3.05) is 18.4 Å². The van der Waals surface area contributed by atoms with E-state index in [1.54, 1.807) is 6.07 Å². The molecule has 0 aromatic heterocycles. The molecular formula is C21H24Cl2N2O. The number of anilines is 1. The zero-order valence-corrected chi connectivity index (χ0v) is 16.7. The summed E-state index contributed by atoms with van der Waals surface area (Å²) >= 11 is 12.2. The molecule has 1 saturated heterocycles. The van der Waals surface area contributed by atoms with Gasteiger partial charge in [-0.2, -0.15) is 0 Å². The SMILES string of the molecule is Cc1ccc(NC(=O)C2CCN(Cc3ccc(Cl)cc3Cl)CC2)cc1C. The smallest absolute Gasteiger partial charge is 0.227 e. The van der Waals surface area contributed by atoms with Gasteiger partial charge in [0.1, 0.15) is 0 Å². The molecule has 1 fully saturated rings. The van der Waals surface area contributed by atoms with Crippen LogP contribution in [0.25, 0.3) is 0 Å². The van der Waals surface area contributed by atoms with Crippen LogP contribution < -0.4 is 5.32 Å². The van der Waals surface area contributed by atoms with Gasteiger partial charge in [-0.3, -0.25) is 9.69 Å². The lowest BCUT2D eigenvalue weighted by Crippen LogP contribution is -2.37. The third kappa shape index (κ3) is 4.79. The van der Waals surface area contributed by atoms with E-state index in [1.807, 2.05) is 30.3 Å². The van der Waals surface area contributed by atoms with Crippen molar-refractivity contribution >= 4 is 34.8 Å². The zero-order chi connectivity index (χ0) is 18.7. The summed E-state index contributed by atoms with van der Waals surface area (Å²) in [6.45, 7) is 6.71. The molecule has 5 heteroatoms. The highest BCUT2D eigenvalue weighted by molar-refractivity contribution is 6.35. The number of likely N-dealkylation sites (tertiary alicyclic amines) is 1. The molecule has 26 heavy (non-hydrogen) atoms. The maximum atomic E-state index is 12.6. The lowest BCUT2D eigenvalue weighted by atomic mass is 9.95. The van der Waals surface area contributed by atoms with E-state index in [-0.39, 0.29) is 11.8 Å². The van der Waals surface area contributed by atoms with Crippen LogP contribution in [-0.4, -0.2) is 23.9 Å². The molecule has 0 unspecified atom stereocenters. The second-order valence-corrected chi connectivity index (χ2v) is 7.92. The van der Waals surface area contributed by atoms with Crippen LogP contribution in [0.3, 0.4) is 0 Å². The van der Waals surface area contributed by atoms with Crippen LogP contribution in [0.15, 0.2) is 36.4 Å². The molecule has 2 aromatic rings. The van der Waals surface area contributed by atoms with Crippen LogP contribution >= 0.6 is 23.2 Å². The lowest BCUT2D eigenvalue weighted by molar-refractivity contribution is -0.121. The Morgan fingerprint density at radius 1 is 1.08 bits per heavy atom. The summed E-state index contributed by atoms with van der Waals surface area (Å²) in [7, 11) is 0. The van der Waals surface area contributed by atoms with Gasteiger partial charge in [-0.25, -0.2) is 0 Å². The molecule has 138 valence electrons. The standard InChI is InChI=1S/C21H24Cl2N2O/c1-14-3-6-19(11-15(14)2)24-21(26)16-7-9-25(10-8-16)13-17-4-5-18(22)12-20(17)23/h3-6,11-12,16H,7-10,13H2,1-2H3,(H,24,26). The zero-order valence-electron chi connectivity index (χ0n) is 15.2. The van der Waals surface area contributed by atoms with Crippen molar-refractivity contribution in [1.29, 1.82) is 0 Å². The van der Waals surface area contributed by atoms with Gasteiger partial charge < -0.3 is 5.32 Å². The highest BCUT2D eigenvalue weighted by atomic mass is 35.5. The Hall–Kier alpha value is -1.55. The predicted octanol–water partition coefficient (Wildman–Crippen LogP) is 5.46. The third-order valence-electron chi connectivity index (χ3n) is 5.14. The summed E-state index contributed by atoms with van der Waals surface area (Å²) in [5, 5.41) is 4.42. The fourth-order valence-electron chi connectivity index (χ4n) is 3.31. The van der Waals surface area contributed by atoms with E-state index in [0.29, 0.717) is 10.0 Å². The average Bonchev–Trinajstić information content (AvgIpc) is 2.61. The van der Waals surface area contributed by atoms with Crippen LogP contribution in [-0.2, 0) is 11.3 Å². The normalized spacial score (nSPS) is 15.8. The lowest BCUT2D eigenvalue weighted by Gasteiger charge is -2.31. The van der Waals surface area contributed by atoms with Gasteiger partial charge in [0, 0.05) is 28.2 Å². The first-order valence-corrected chi connectivity index (χ1v) is 9.72. The number of halogens is 2. The van der Waals surface area contributed by atoms with Crippen molar-refractivity contribution in [3.05, 3.63) is 63.1 Å². The number of hydrogen-bond acceptors (Lipinski definition) is 2. The van der Waals surface area contributed by atoms with Crippen LogP contribution in [0.5, 0.6) is 0 Å². The van der Waals surface area contributed by atoms with E-state index in [2.05, 4.69) is 24.1 Å². The van der Waals surface area contributed by atoms with Crippen molar-refractivity contribution in [3.63, 3.8) is 0 Å². The third-order valence-corrected chi connectivity index (χ3v) is 5.73. The maximum Gasteiger partial charge on any atom is 0.227 e. The van der Waals surface area contributed by atoms with Crippen molar-refractivity contribution in [1.82, 2.24) is 4.90 Å². The number of rotatable bonds is 4. The number of aryl methyl sites for hydroxylation is 2. The molecule has 1 amide bonds. The van der Waals surface area contributed by atoms with Crippen LogP contribution in [0.1, 0.15) is 29.5 Å². The number of amides is 1. The monoisotopic (exact) mass is 390 g/mol. The molecule has 0 atom stereocenters. The van der Waals surface area contributed by atoms with Crippen molar-refractivity contribution in [2.24, 2.45) is 5.92 Å². The van der Waals surface area contributed by atoms with E-state index in [9.17, 15) is 4.79 Å². The molecule has 3 rings (SSSR count). The van der Waals surface area contributed by atoms with Gasteiger partial charge in [0.2, 0.25) is 5.91 Å². The molecule has 3 nitrogen and oxygen atoms in total. The van der Waals surface area contributed by atoms with E-state index in [1.165, 1.54) is 11.1 Å². The minimum absolute atomic E-state index is 0.0635. The number of carbonyl (C=O) groups is 1. The topological polar surface area (TPSA) is 32.3 Å². The first-order chi connectivity index (χ1) is 12.4. The van der Waals surface area contributed by atoms with Gasteiger partial charge in [-0.1, -0.05) is 35.3 Å². The molecule has 1 heterocycles. The number of piperidine rings is 1. The Morgan fingerprint density at radius 3 is 2.46 bits per heavy atom. The molecule has 0 spiro atoms.